The minimum absolute atomic E-state index is 0.0254. The van der Waals surface area contributed by atoms with Gasteiger partial charge in [0.1, 0.15) is 0 Å². The highest BCUT2D eigenvalue weighted by molar-refractivity contribution is 5.67. The zero-order chi connectivity index (χ0) is 10.5. The second-order valence-corrected chi connectivity index (χ2v) is 2.85. The smallest absolute Gasteiger partial charge is 0.389 e. The first kappa shape index (κ1) is 12.2. The number of aliphatic carboxylic acids is 1. The SMILES string of the molecule is NCC(CCC(F)(F)F)CC(=O)O. The van der Waals surface area contributed by atoms with Crippen LogP contribution in [0, 0.1) is 5.92 Å². The summed E-state index contributed by atoms with van der Waals surface area (Å²) in [6.45, 7) is -0.0254. The average molecular weight is 199 g/mol. The normalized spacial score (nSPS) is 14.2. The second-order valence-electron chi connectivity index (χ2n) is 2.85. The predicted molar refractivity (Wildman–Crippen MR) is 40.1 cm³/mol. The van der Waals surface area contributed by atoms with Crippen LogP contribution in [0.4, 0.5) is 13.2 Å². The number of carboxylic acid groups (broad SMARTS) is 1. The predicted octanol–water partition coefficient (Wildman–Crippen LogP) is 1.38. The molecule has 6 heteroatoms. The molecule has 0 bridgehead atoms. The molecule has 0 aliphatic rings. The van der Waals surface area contributed by atoms with Crippen LogP contribution in [0.5, 0.6) is 0 Å². The van der Waals surface area contributed by atoms with Gasteiger partial charge in [0.2, 0.25) is 0 Å². The fraction of sp³-hybridized carbons (Fsp3) is 0.857. The van der Waals surface area contributed by atoms with Gasteiger partial charge in [0, 0.05) is 12.8 Å². The zero-order valence-corrected chi connectivity index (χ0v) is 6.97. The molecule has 13 heavy (non-hydrogen) atoms. The van der Waals surface area contributed by atoms with Crippen molar-refractivity contribution in [3.8, 4) is 0 Å². The molecule has 0 radical (unpaired) electrons. The third-order valence-electron chi connectivity index (χ3n) is 1.63. The van der Waals surface area contributed by atoms with Crippen molar-refractivity contribution in [1.82, 2.24) is 0 Å². The van der Waals surface area contributed by atoms with Gasteiger partial charge in [0.15, 0.2) is 0 Å². The van der Waals surface area contributed by atoms with Gasteiger partial charge in [0.05, 0.1) is 0 Å². The second kappa shape index (κ2) is 5.06. The summed E-state index contributed by atoms with van der Waals surface area (Å²) in [6.07, 6.45) is -5.72. The molecule has 0 aromatic carbocycles. The number of hydrogen-bond acceptors (Lipinski definition) is 2. The molecule has 0 spiro atoms. The molecule has 0 saturated heterocycles. The topological polar surface area (TPSA) is 63.3 Å². The Kier molecular flexibility index (Phi) is 4.76. The average Bonchev–Trinajstić information content (AvgIpc) is 1.95. The number of alkyl halides is 3. The van der Waals surface area contributed by atoms with Gasteiger partial charge in [-0.3, -0.25) is 4.79 Å². The van der Waals surface area contributed by atoms with Crippen LogP contribution in [-0.2, 0) is 4.79 Å². The molecule has 78 valence electrons. The summed E-state index contributed by atoms with van der Waals surface area (Å²) < 4.78 is 35.1. The highest BCUT2D eigenvalue weighted by Gasteiger charge is 2.28. The summed E-state index contributed by atoms with van der Waals surface area (Å²) in [5, 5.41) is 8.31. The summed E-state index contributed by atoms with van der Waals surface area (Å²) >= 11 is 0. The maximum Gasteiger partial charge on any atom is 0.389 e. The van der Waals surface area contributed by atoms with E-state index in [0.29, 0.717) is 0 Å². The summed E-state index contributed by atoms with van der Waals surface area (Å²) in [6, 6.07) is 0. The lowest BCUT2D eigenvalue weighted by Crippen LogP contribution is -2.20. The molecule has 1 unspecified atom stereocenters. The van der Waals surface area contributed by atoms with Crippen molar-refractivity contribution >= 4 is 5.97 Å². The number of carboxylic acids is 1. The Balaban J connectivity index is 3.79. The highest BCUT2D eigenvalue weighted by atomic mass is 19.4. The van der Waals surface area contributed by atoms with Crippen LogP contribution in [0.25, 0.3) is 0 Å². The van der Waals surface area contributed by atoms with Crippen LogP contribution in [0.2, 0.25) is 0 Å². The maximum atomic E-state index is 11.7. The fourth-order valence-electron chi connectivity index (χ4n) is 0.918. The maximum absolute atomic E-state index is 11.7. The molecule has 0 heterocycles. The molecule has 3 nitrogen and oxygen atoms in total. The minimum atomic E-state index is -4.23. The van der Waals surface area contributed by atoms with Gasteiger partial charge in [-0.15, -0.1) is 0 Å². The molecule has 0 saturated carbocycles. The number of halogens is 3. The van der Waals surface area contributed by atoms with Crippen molar-refractivity contribution in [3.05, 3.63) is 0 Å². The molecule has 0 aromatic rings. The largest absolute Gasteiger partial charge is 0.481 e. The molecule has 0 fully saturated rings. The molecular weight excluding hydrogens is 187 g/mol. The van der Waals surface area contributed by atoms with Crippen molar-refractivity contribution in [2.45, 2.75) is 25.4 Å². The lowest BCUT2D eigenvalue weighted by atomic mass is 10.00. The Morgan fingerprint density at radius 1 is 1.46 bits per heavy atom. The Labute approximate surface area is 73.7 Å². The first-order chi connectivity index (χ1) is 5.85. The molecule has 0 rings (SSSR count). The summed E-state index contributed by atoms with van der Waals surface area (Å²) in [7, 11) is 0. The van der Waals surface area contributed by atoms with Crippen LogP contribution in [-0.4, -0.2) is 23.8 Å². The fourth-order valence-corrected chi connectivity index (χ4v) is 0.918. The van der Waals surface area contributed by atoms with E-state index in [9.17, 15) is 18.0 Å². The van der Waals surface area contributed by atoms with Gasteiger partial charge >= 0.3 is 12.1 Å². The van der Waals surface area contributed by atoms with E-state index in [0.717, 1.165) is 0 Å². The number of rotatable bonds is 5. The molecule has 0 aromatic heterocycles. The molecule has 0 aliphatic carbocycles. The van der Waals surface area contributed by atoms with E-state index < -0.39 is 24.5 Å². The van der Waals surface area contributed by atoms with Crippen molar-refractivity contribution in [2.75, 3.05) is 6.54 Å². The Morgan fingerprint density at radius 3 is 2.31 bits per heavy atom. The van der Waals surface area contributed by atoms with E-state index in [-0.39, 0.29) is 19.4 Å². The summed E-state index contributed by atoms with van der Waals surface area (Å²) in [5.74, 6) is -1.70. The van der Waals surface area contributed by atoms with E-state index in [1.165, 1.54) is 0 Å². The third kappa shape index (κ3) is 7.58. The van der Waals surface area contributed by atoms with E-state index >= 15 is 0 Å². The Bertz CT molecular complexity index is 170. The van der Waals surface area contributed by atoms with Crippen LogP contribution < -0.4 is 5.73 Å². The van der Waals surface area contributed by atoms with Gasteiger partial charge in [-0.25, -0.2) is 0 Å². The summed E-state index contributed by atoms with van der Waals surface area (Å²) in [5.41, 5.74) is 5.12. The first-order valence-electron chi connectivity index (χ1n) is 3.83. The molecule has 3 N–H and O–H groups in total. The van der Waals surface area contributed by atoms with Crippen LogP contribution in [0.15, 0.2) is 0 Å². The highest BCUT2D eigenvalue weighted by Crippen LogP contribution is 2.24. The van der Waals surface area contributed by atoms with Crippen molar-refractivity contribution in [3.63, 3.8) is 0 Å². The number of carbonyl (C=O) groups is 1. The van der Waals surface area contributed by atoms with Gasteiger partial charge in [-0.2, -0.15) is 13.2 Å². The number of nitrogens with two attached hydrogens (primary N) is 1. The molecule has 0 aliphatic heterocycles. The molecule has 1 atom stereocenters. The number of hydrogen-bond donors (Lipinski definition) is 2. The lowest BCUT2D eigenvalue weighted by molar-refractivity contribution is -0.143. The first-order valence-corrected chi connectivity index (χ1v) is 3.83. The zero-order valence-electron chi connectivity index (χ0n) is 6.97. The summed E-state index contributed by atoms with van der Waals surface area (Å²) in [4.78, 5) is 10.2. The van der Waals surface area contributed by atoms with E-state index in [1.807, 2.05) is 0 Å². The van der Waals surface area contributed by atoms with Gasteiger partial charge < -0.3 is 10.8 Å². The van der Waals surface area contributed by atoms with Crippen LogP contribution >= 0.6 is 0 Å². The van der Waals surface area contributed by atoms with Gasteiger partial charge in [-0.05, 0) is 18.9 Å². The Hall–Kier alpha value is -0.780. The van der Waals surface area contributed by atoms with E-state index in [4.69, 9.17) is 10.8 Å². The Morgan fingerprint density at radius 2 is 2.00 bits per heavy atom. The van der Waals surface area contributed by atoms with Gasteiger partial charge in [0.25, 0.3) is 0 Å². The quantitative estimate of drug-likeness (QED) is 0.703. The van der Waals surface area contributed by atoms with Crippen LogP contribution in [0.1, 0.15) is 19.3 Å². The molecule has 0 amide bonds. The van der Waals surface area contributed by atoms with Crippen molar-refractivity contribution < 1.29 is 23.1 Å². The van der Waals surface area contributed by atoms with Crippen LogP contribution in [0.3, 0.4) is 0 Å². The van der Waals surface area contributed by atoms with Crippen molar-refractivity contribution in [2.24, 2.45) is 11.7 Å². The minimum Gasteiger partial charge on any atom is -0.481 e. The van der Waals surface area contributed by atoms with E-state index in [1.54, 1.807) is 0 Å². The third-order valence-corrected chi connectivity index (χ3v) is 1.63. The standard InChI is InChI=1S/C7H12F3NO2/c8-7(9,10)2-1-5(4-11)3-6(12)13/h5H,1-4,11H2,(H,12,13). The molecular formula is C7H12F3NO2. The monoisotopic (exact) mass is 199 g/mol. The van der Waals surface area contributed by atoms with E-state index in [2.05, 4.69) is 0 Å². The van der Waals surface area contributed by atoms with Crippen molar-refractivity contribution in [1.29, 1.82) is 0 Å². The lowest BCUT2D eigenvalue weighted by Gasteiger charge is -2.13. The van der Waals surface area contributed by atoms with Gasteiger partial charge in [-0.1, -0.05) is 0 Å².